The Balaban J connectivity index is 2.30. The quantitative estimate of drug-likeness (QED) is 0.885. The van der Waals surface area contributed by atoms with E-state index in [9.17, 15) is 8.42 Å². The Bertz CT molecular complexity index is 736. The lowest BCUT2D eigenvalue weighted by Crippen LogP contribution is -2.14. The van der Waals surface area contributed by atoms with Gasteiger partial charge in [0.05, 0.1) is 12.3 Å². The van der Waals surface area contributed by atoms with Gasteiger partial charge in [0.25, 0.3) is 10.0 Å². The molecule has 2 N–H and O–H groups in total. The minimum absolute atomic E-state index is 0.165. The third-order valence-electron chi connectivity index (χ3n) is 3.02. The van der Waals surface area contributed by atoms with Gasteiger partial charge in [0.1, 0.15) is 4.21 Å². The second kappa shape index (κ2) is 6.05. The lowest BCUT2D eigenvalue weighted by atomic mass is 10.2. The van der Waals surface area contributed by atoms with E-state index < -0.39 is 10.0 Å². The highest BCUT2D eigenvalue weighted by Gasteiger charge is 2.17. The summed E-state index contributed by atoms with van der Waals surface area (Å²) in [7, 11) is 0.201. The van der Waals surface area contributed by atoms with E-state index in [-0.39, 0.29) is 10.8 Å². The highest BCUT2D eigenvalue weighted by molar-refractivity contribution is 7.94. The van der Waals surface area contributed by atoms with E-state index in [2.05, 4.69) is 4.72 Å². The number of sulfonamides is 1. The molecule has 0 spiro atoms. The number of anilines is 2. The minimum Gasteiger partial charge on any atom is -0.392 e. The number of rotatable bonds is 5. The predicted molar refractivity (Wildman–Crippen MR) is 86.6 cm³/mol. The van der Waals surface area contributed by atoms with Gasteiger partial charge in [-0.05, 0) is 41.6 Å². The van der Waals surface area contributed by atoms with Crippen LogP contribution in [0.4, 0.5) is 11.4 Å². The molecule has 5 nitrogen and oxygen atoms in total. The predicted octanol–water partition coefficient (Wildman–Crippen LogP) is 2.42. The van der Waals surface area contributed by atoms with Crippen LogP contribution in [0.15, 0.2) is 33.9 Å². The van der Waals surface area contributed by atoms with Crippen LogP contribution in [-0.2, 0) is 16.6 Å². The number of hydrogen-bond donors (Lipinski definition) is 2. The molecule has 7 heteroatoms. The number of benzene rings is 1. The van der Waals surface area contributed by atoms with Crippen LogP contribution in [0.5, 0.6) is 0 Å². The highest BCUT2D eigenvalue weighted by Crippen LogP contribution is 2.26. The van der Waals surface area contributed by atoms with Crippen molar-refractivity contribution in [3.63, 3.8) is 0 Å². The maximum atomic E-state index is 12.3. The van der Waals surface area contributed by atoms with Crippen LogP contribution < -0.4 is 9.62 Å². The van der Waals surface area contributed by atoms with Crippen molar-refractivity contribution in [1.29, 1.82) is 0 Å². The van der Waals surface area contributed by atoms with Crippen molar-refractivity contribution in [2.75, 3.05) is 23.7 Å². The zero-order valence-corrected chi connectivity index (χ0v) is 13.8. The van der Waals surface area contributed by atoms with Crippen molar-refractivity contribution in [3.8, 4) is 0 Å². The number of nitrogens with one attached hydrogen (secondary N) is 1. The molecule has 0 aliphatic carbocycles. The van der Waals surface area contributed by atoms with E-state index in [1.165, 1.54) is 6.07 Å². The van der Waals surface area contributed by atoms with Crippen LogP contribution in [0.1, 0.15) is 11.1 Å². The summed E-state index contributed by atoms with van der Waals surface area (Å²) in [6, 6.07) is 6.89. The molecule has 0 aliphatic heterocycles. The normalized spacial score (nSPS) is 11.4. The molecule has 0 aliphatic rings. The van der Waals surface area contributed by atoms with Crippen molar-refractivity contribution in [2.24, 2.45) is 0 Å². The lowest BCUT2D eigenvalue weighted by molar-refractivity contribution is 0.282. The first kappa shape index (κ1) is 15.8. The molecule has 0 fully saturated rings. The summed E-state index contributed by atoms with van der Waals surface area (Å²) in [5.41, 5.74) is 3.14. The number of aryl methyl sites for hydroxylation is 1. The SMILES string of the molecule is Cc1ccc(NS(=O)(=O)c2cc(CO)cs2)cc1N(C)C. The number of aliphatic hydroxyl groups excluding tert-OH is 1. The second-order valence-electron chi connectivity index (χ2n) is 4.93. The van der Waals surface area contributed by atoms with Crippen LogP contribution in [0.25, 0.3) is 0 Å². The number of thiophene rings is 1. The Morgan fingerprint density at radius 2 is 2.00 bits per heavy atom. The van der Waals surface area contributed by atoms with Gasteiger partial charge in [-0.1, -0.05) is 6.07 Å². The molecule has 1 aromatic carbocycles. The van der Waals surface area contributed by atoms with Crippen molar-refractivity contribution in [1.82, 2.24) is 0 Å². The average Bonchev–Trinajstić information content (AvgIpc) is 2.90. The molecular weight excluding hydrogens is 308 g/mol. The molecule has 0 saturated carbocycles. The van der Waals surface area contributed by atoms with E-state index >= 15 is 0 Å². The number of aliphatic hydroxyl groups is 1. The molecular formula is C14H18N2O3S2. The number of nitrogens with zero attached hydrogens (tertiary/aromatic N) is 1. The lowest BCUT2D eigenvalue weighted by Gasteiger charge is -2.17. The van der Waals surface area contributed by atoms with Gasteiger partial charge in [-0.3, -0.25) is 4.72 Å². The summed E-state index contributed by atoms with van der Waals surface area (Å²) in [6.07, 6.45) is 0. The Kier molecular flexibility index (Phi) is 4.55. The summed E-state index contributed by atoms with van der Waals surface area (Å²) in [5.74, 6) is 0. The molecule has 1 aromatic heterocycles. The van der Waals surface area contributed by atoms with Crippen molar-refractivity contribution in [2.45, 2.75) is 17.7 Å². The van der Waals surface area contributed by atoms with Gasteiger partial charge in [0.2, 0.25) is 0 Å². The fourth-order valence-electron chi connectivity index (χ4n) is 1.94. The number of hydrogen-bond acceptors (Lipinski definition) is 5. The molecule has 1 heterocycles. The molecule has 114 valence electrons. The molecule has 21 heavy (non-hydrogen) atoms. The van der Waals surface area contributed by atoms with Gasteiger partial charge >= 0.3 is 0 Å². The van der Waals surface area contributed by atoms with Gasteiger partial charge < -0.3 is 10.0 Å². The van der Waals surface area contributed by atoms with Gasteiger partial charge in [-0.15, -0.1) is 11.3 Å². The van der Waals surface area contributed by atoms with E-state index in [1.807, 2.05) is 32.0 Å². The minimum atomic E-state index is -3.62. The first-order valence-corrected chi connectivity index (χ1v) is 8.69. The smallest absolute Gasteiger partial charge is 0.271 e. The van der Waals surface area contributed by atoms with Crippen LogP contribution in [-0.4, -0.2) is 27.6 Å². The summed E-state index contributed by atoms with van der Waals surface area (Å²) in [5, 5.41) is 10.7. The van der Waals surface area contributed by atoms with Crippen molar-refractivity contribution in [3.05, 3.63) is 40.8 Å². The molecule has 2 aromatic rings. The van der Waals surface area contributed by atoms with Crippen LogP contribution in [0, 0.1) is 6.92 Å². The summed E-state index contributed by atoms with van der Waals surface area (Å²) < 4.78 is 27.4. The Labute approximate surface area is 128 Å². The fraction of sp³-hybridized carbons (Fsp3) is 0.286. The van der Waals surface area contributed by atoms with Gasteiger partial charge in [-0.2, -0.15) is 0 Å². The largest absolute Gasteiger partial charge is 0.392 e. The summed E-state index contributed by atoms with van der Waals surface area (Å²) in [6.45, 7) is 1.81. The zero-order chi connectivity index (χ0) is 15.6. The van der Waals surface area contributed by atoms with Gasteiger partial charge in [0.15, 0.2) is 0 Å². The molecule has 0 amide bonds. The highest BCUT2D eigenvalue weighted by atomic mass is 32.2. The van der Waals surface area contributed by atoms with Crippen LogP contribution in [0.3, 0.4) is 0 Å². The van der Waals surface area contributed by atoms with Crippen LogP contribution >= 0.6 is 11.3 Å². The third-order valence-corrected chi connectivity index (χ3v) is 5.89. The average molecular weight is 326 g/mol. The Hall–Kier alpha value is -1.57. The fourth-order valence-corrected chi connectivity index (χ4v) is 4.19. The van der Waals surface area contributed by atoms with Crippen molar-refractivity contribution >= 4 is 32.7 Å². The molecule has 0 radical (unpaired) electrons. The first-order chi connectivity index (χ1) is 9.83. The molecule has 0 saturated heterocycles. The summed E-state index contributed by atoms with van der Waals surface area (Å²) in [4.78, 5) is 1.93. The maximum absolute atomic E-state index is 12.3. The first-order valence-electron chi connectivity index (χ1n) is 6.32. The Morgan fingerprint density at radius 1 is 1.29 bits per heavy atom. The van der Waals surface area contributed by atoms with Crippen molar-refractivity contribution < 1.29 is 13.5 Å². The zero-order valence-electron chi connectivity index (χ0n) is 12.1. The molecule has 2 rings (SSSR count). The maximum Gasteiger partial charge on any atom is 0.271 e. The second-order valence-corrected chi connectivity index (χ2v) is 7.75. The standard InChI is InChI=1S/C14H18N2O3S2/c1-10-4-5-12(7-13(10)16(2)3)15-21(18,19)14-6-11(8-17)9-20-14/h4-7,9,15,17H,8H2,1-3H3. The van der Waals surface area contributed by atoms with E-state index in [0.717, 1.165) is 22.6 Å². The molecule has 0 unspecified atom stereocenters. The molecule has 0 atom stereocenters. The topological polar surface area (TPSA) is 69.6 Å². The summed E-state index contributed by atoms with van der Waals surface area (Å²) >= 11 is 1.09. The van der Waals surface area contributed by atoms with E-state index in [4.69, 9.17) is 5.11 Å². The van der Waals surface area contributed by atoms with E-state index in [0.29, 0.717) is 11.3 Å². The molecule has 0 bridgehead atoms. The van der Waals surface area contributed by atoms with Crippen LogP contribution in [0.2, 0.25) is 0 Å². The van der Waals surface area contributed by atoms with E-state index in [1.54, 1.807) is 17.5 Å². The monoisotopic (exact) mass is 326 g/mol. The Morgan fingerprint density at radius 3 is 2.57 bits per heavy atom. The van der Waals surface area contributed by atoms with Gasteiger partial charge in [-0.25, -0.2) is 8.42 Å². The van der Waals surface area contributed by atoms with Gasteiger partial charge in [0, 0.05) is 19.8 Å². The third kappa shape index (κ3) is 3.55.